The van der Waals surface area contributed by atoms with Crippen LogP contribution >= 0.6 is 11.8 Å². The third kappa shape index (κ3) is 2.98. The number of anilines is 1. The van der Waals surface area contributed by atoms with Crippen molar-refractivity contribution >= 4 is 17.6 Å². The molecule has 0 aromatic carbocycles. The summed E-state index contributed by atoms with van der Waals surface area (Å²) in [5, 5.41) is 0. The zero-order valence-corrected chi connectivity index (χ0v) is 14.2. The van der Waals surface area contributed by atoms with Gasteiger partial charge in [-0.1, -0.05) is 0 Å². The van der Waals surface area contributed by atoms with E-state index in [0.717, 1.165) is 25.6 Å². The zero-order valence-electron chi connectivity index (χ0n) is 13.3. The Bertz CT molecular complexity index is 507. The molecule has 0 amide bonds. The molecule has 0 spiro atoms. The highest BCUT2D eigenvalue weighted by Crippen LogP contribution is 2.30. The molecule has 120 valence electrons. The monoisotopic (exact) mass is 318 g/mol. The first-order valence-corrected chi connectivity index (χ1v) is 9.97. The summed E-state index contributed by atoms with van der Waals surface area (Å²) < 4.78 is 0. The molecule has 0 bridgehead atoms. The van der Waals surface area contributed by atoms with Crippen molar-refractivity contribution in [1.29, 1.82) is 0 Å². The quantitative estimate of drug-likeness (QED) is 0.836. The maximum atomic E-state index is 4.65. The van der Waals surface area contributed by atoms with Crippen molar-refractivity contribution in [2.45, 2.75) is 44.6 Å². The van der Waals surface area contributed by atoms with Crippen molar-refractivity contribution < 1.29 is 0 Å². The van der Waals surface area contributed by atoms with Gasteiger partial charge in [-0.15, -0.1) is 0 Å². The number of aromatic nitrogens is 2. The molecule has 0 unspecified atom stereocenters. The number of piperidine rings is 1. The molecule has 5 heteroatoms. The number of thioether (sulfide) groups is 1. The fraction of sp³-hybridized carbons (Fsp3) is 0.765. The van der Waals surface area contributed by atoms with Gasteiger partial charge in [-0.05, 0) is 38.5 Å². The second-order valence-corrected chi connectivity index (χ2v) is 7.92. The fourth-order valence-corrected chi connectivity index (χ4v) is 5.09. The van der Waals surface area contributed by atoms with Crippen LogP contribution in [-0.2, 0) is 12.8 Å². The molecular formula is C17H26N4S. The lowest BCUT2D eigenvalue weighted by molar-refractivity contribution is 0.185. The Kier molecular flexibility index (Phi) is 4.53. The first-order valence-electron chi connectivity index (χ1n) is 8.81. The normalized spacial score (nSPS) is 24.3. The van der Waals surface area contributed by atoms with Gasteiger partial charge < -0.3 is 4.90 Å². The lowest BCUT2D eigenvalue weighted by Gasteiger charge is -2.41. The van der Waals surface area contributed by atoms with Crippen molar-refractivity contribution in [2.75, 3.05) is 42.6 Å². The number of aryl methyl sites for hydroxylation is 1. The predicted molar refractivity (Wildman–Crippen MR) is 92.8 cm³/mol. The second kappa shape index (κ2) is 6.75. The Balaban J connectivity index is 1.43. The molecule has 0 radical (unpaired) electrons. The highest BCUT2D eigenvalue weighted by molar-refractivity contribution is 7.99. The van der Waals surface area contributed by atoms with Crippen LogP contribution in [0.25, 0.3) is 0 Å². The topological polar surface area (TPSA) is 32.3 Å². The number of fused-ring (bicyclic) bond motifs is 1. The number of nitrogens with zero attached hydrogens (tertiary/aromatic N) is 4. The van der Waals surface area contributed by atoms with E-state index in [1.165, 1.54) is 73.8 Å². The summed E-state index contributed by atoms with van der Waals surface area (Å²) in [7, 11) is 0. The van der Waals surface area contributed by atoms with E-state index in [0.29, 0.717) is 0 Å². The lowest BCUT2D eigenvalue weighted by atomic mass is 9.95. The maximum Gasteiger partial charge on any atom is 0.135 e. The summed E-state index contributed by atoms with van der Waals surface area (Å²) in [6.07, 6.45) is 9.29. The number of hydrogen-bond donors (Lipinski definition) is 0. The first kappa shape index (κ1) is 14.8. The molecule has 0 atom stereocenters. The van der Waals surface area contributed by atoms with E-state index in [2.05, 4.69) is 31.5 Å². The first-order chi connectivity index (χ1) is 10.9. The van der Waals surface area contributed by atoms with Crippen molar-refractivity contribution in [2.24, 2.45) is 0 Å². The minimum Gasteiger partial charge on any atom is -0.356 e. The Hall–Kier alpha value is -0.810. The molecule has 2 aliphatic heterocycles. The van der Waals surface area contributed by atoms with Crippen molar-refractivity contribution in [1.82, 2.24) is 14.9 Å². The van der Waals surface area contributed by atoms with Crippen LogP contribution < -0.4 is 4.90 Å². The molecule has 3 aliphatic rings. The molecule has 4 nitrogen and oxygen atoms in total. The summed E-state index contributed by atoms with van der Waals surface area (Å²) in [5.74, 6) is 3.89. The molecule has 0 N–H and O–H groups in total. The van der Waals surface area contributed by atoms with Gasteiger partial charge in [0, 0.05) is 55.0 Å². The van der Waals surface area contributed by atoms with E-state index < -0.39 is 0 Å². The van der Waals surface area contributed by atoms with Gasteiger partial charge in [0.15, 0.2) is 0 Å². The van der Waals surface area contributed by atoms with E-state index in [9.17, 15) is 0 Å². The van der Waals surface area contributed by atoms with E-state index in [4.69, 9.17) is 0 Å². The van der Waals surface area contributed by atoms with E-state index in [1.807, 2.05) is 0 Å². The molecule has 1 aromatic heterocycles. The van der Waals surface area contributed by atoms with E-state index in [1.54, 1.807) is 6.33 Å². The molecular weight excluding hydrogens is 292 g/mol. The summed E-state index contributed by atoms with van der Waals surface area (Å²) in [6, 6.07) is 0.801. The molecule has 3 heterocycles. The fourth-order valence-electron chi connectivity index (χ4n) is 4.16. The van der Waals surface area contributed by atoms with Crippen LogP contribution in [0.3, 0.4) is 0 Å². The third-order valence-corrected chi connectivity index (χ3v) is 6.37. The van der Waals surface area contributed by atoms with Crippen LogP contribution in [0.5, 0.6) is 0 Å². The molecule has 0 saturated carbocycles. The smallest absolute Gasteiger partial charge is 0.135 e. The molecule has 2 fully saturated rings. The molecule has 2 saturated heterocycles. The average Bonchev–Trinajstić information content (AvgIpc) is 2.62. The van der Waals surface area contributed by atoms with E-state index in [-0.39, 0.29) is 0 Å². The maximum absolute atomic E-state index is 4.65. The Labute approximate surface area is 137 Å². The molecule has 4 rings (SSSR count). The van der Waals surface area contributed by atoms with Gasteiger partial charge >= 0.3 is 0 Å². The highest BCUT2D eigenvalue weighted by Gasteiger charge is 2.28. The lowest BCUT2D eigenvalue weighted by Crippen LogP contribution is -2.48. The van der Waals surface area contributed by atoms with Crippen LogP contribution in [0.1, 0.15) is 36.9 Å². The Morgan fingerprint density at radius 1 is 0.955 bits per heavy atom. The minimum absolute atomic E-state index is 0.801. The molecule has 1 aromatic rings. The van der Waals surface area contributed by atoms with Gasteiger partial charge in [0.25, 0.3) is 0 Å². The molecule has 1 aliphatic carbocycles. The number of hydrogen-bond acceptors (Lipinski definition) is 5. The van der Waals surface area contributed by atoms with Gasteiger partial charge in [0.2, 0.25) is 0 Å². The zero-order chi connectivity index (χ0) is 14.8. The highest BCUT2D eigenvalue weighted by atomic mass is 32.2. The standard InChI is InChI=1S/C17H26N4S/c1-2-4-16-15(3-1)17(19-13-18-16)21-7-5-14(6-8-21)20-9-11-22-12-10-20/h13-14H,1-12H2. The largest absolute Gasteiger partial charge is 0.356 e. The van der Waals surface area contributed by atoms with Crippen molar-refractivity contribution in [3.8, 4) is 0 Å². The predicted octanol–water partition coefficient (Wildman–Crippen LogP) is 2.37. The molecule has 22 heavy (non-hydrogen) atoms. The van der Waals surface area contributed by atoms with Crippen LogP contribution in [0, 0.1) is 0 Å². The minimum atomic E-state index is 0.801. The van der Waals surface area contributed by atoms with Crippen LogP contribution in [0.2, 0.25) is 0 Å². The van der Waals surface area contributed by atoms with Gasteiger partial charge in [-0.25, -0.2) is 9.97 Å². The van der Waals surface area contributed by atoms with Crippen molar-refractivity contribution in [3.05, 3.63) is 17.6 Å². The SMILES string of the molecule is c1nc2c(c(N3CCC(N4CCSCC4)CC3)n1)CCCC2. The average molecular weight is 318 g/mol. The van der Waals surface area contributed by atoms with Crippen molar-refractivity contribution in [3.63, 3.8) is 0 Å². The van der Waals surface area contributed by atoms with Crippen LogP contribution in [0.4, 0.5) is 5.82 Å². The Morgan fingerprint density at radius 2 is 1.73 bits per heavy atom. The summed E-state index contributed by atoms with van der Waals surface area (Å²) in [4.78, 5) is 14.4. The van der Waals surface area contributed by atoms with Gasteiger partial charge in [-0.3, -0.25) is 4.90 Å². The Morgan fingerprint density at radius 3 is 2.55 bits per heavy atom. The second-order valence-electron chi connectivity index (χ2n) is 6.70. The summed E-state index contributed by atoms with van der Waals surface area (Å²) in [6.45, 7) is 4.91. The van der Waals surface area contributed by atoms with E-state index >= 15 is 0 Å². The van der Waals surface area contributed by atoms with Gasteiger partial charge in [0.1, 0.15) is 12.1 Å². The van der Waals surface area contributed by atoms with Crippen LogP contribution in [-0.4, -0.2) is 58.6 Å². The summed E-state index contributed by atoms with van der Waals surface area (Å²) in [5.41, 5.74) is 2.76. The van der Waals surface area contributed by atoms with Crippen LogP contribution in [0.15, 0.2) is 6.33 Å². The number of rotatable bonds is 2. The van der Waals surface area contributed by atoms with Gasteiger partial charge in [0.05, 0.1) is 0 Å². The summed E-state index contributed by atoms with van der Waals surface area (Å²) >= 11 is 2.11. The third-order valence-electron chi connectivity index (χ3n) is 5.43. The van der Waals surface area contributed by atoms with Gasteiger partial charge in [-0.2, -0.15) is 11.8 Å².